The van der Waals surface area contributed by atoms with Crippen LogP contribution in [0.2, 0.25) is 0 Å². The number of pyridine rings is 1. The molecule has 2 aromatic heterocycles. The Hall–Kier alpha value is -2.71. The molecule has 0 aliphatic carbocycles. The van der Waals surface area contributed by atoms with Crippen molar-refractivity contribution in [3.05, 3.63) is 54.4 Å². The summed E-state index contributed by atoms with van der Waals surface area (Å²) in [5.74, 6) is 0.716. The first-order chi connectivity index (χ1) is 14.2. The molecule has 2 heterocycles. The van der Waals surface area contributed by atoms with Crippen LogP contribution in [0.4, 0.5) is 5.82 Å². The summed E-state index contributed by atoms with van der Waals surface area (Å²) < 4.78 is 5.11. The van der Waals surface area contributed by atoms with E-state index in [0.29, 0.717) is 31.3 Å². The average molecular weight is 412 g/mol. The zero-order valence-electron chi connectivity index (χ0n) is 16.6. The Kier molecular flexibility index (Phi) is 7.77. The third kappa shape index (κ3) is 5.88. The standard InChI is InChI=1S/C21H25N5O2S/c1-3-18(20(27)24-14-15-7-6-10-22-13-15)29-21-25-17-9-5-4-8-16(17)19(26-21)23-11-12-28-2/h4-10,13,18H,3,11-12,14H2,1-2H3,(H,24,27)(H,23,25,26)/t18-/m0/s1. The van der Waals surface area contributed by atoms with Gasteiger partial charge in [-0.05, 0) is 30.2 Å². The number of hydrogen-bond donors (Lipinski definition) is 2. The Morgan fingerprint density at radius 3 is 2.83 bits per heavy atom. The number of nitrogens with one attached hydrogen (secondary N) is 2. The van der Waals surface area contributed by atoms with Crippen molar-refractivity contribution in [2.45, 2.75) is 30.3 Å². The molecular weight excluding hydrogens is 386 g/mol. The first-order valence-corrected chi connectivity index (χ1v) is 10.4. The van der Waals surface area contributed by atoms with E-state index in [0.717, 1.165) is 22.3 Å². The van der Waals surface area contributed by atoms with Gasteiger partial charge in [0.25, 0.3) is 0 Å². The van der Waals surface area contributed by atoms with Crippen molar-refractivity contribution in [2.24, 2.45) is 0 Å². The molecule has 0 aliphatic rings. The predicted octanol–water partition coefficient (Wildman–Crippen LogP) is 3.27. The molecule has 1 atom stereocenters. The van der Waals surface area contributed by atoms with Gasteiger partial charge in [0.15, 0.2) is 5.16 Å². The number of hydrogen-bond acceptors (Lipinski definition) is 7. The molecule has 152 valence electrons. The Bertz CT molecular complexity index is 939. The number of benzene rings is 1. The van der Waals surface area contributed by atoms with Gasteiger partial charge in [0, 0.05) is 38.0 Å². The molecule has 8 heteroatoms. The summed E-state index contributed by atoms with van der Waals surface area (Å²) in [6.45, 7) is 3.66. The number of ether oxygens (including phenoxy) is 1. The maximum Gasteiger partial charge on any atom is 0.233 e. The molecule has 3 rings (SSSR count). The summed E-state index contributed by atoms with van der Waals surface area (Å²) in [5.41, 5.74) is 1.81. The molecule has 0 aliphatic heterocycles. The zero-order chi connectivity index (χ0) is 20.5. The van der Waals surface area contributed by atoms with Crippen molar-refractivity contribution in [2.75, 3.05) is 25.6 Å². The molecule has 0 bridgehead atoms. The van der Waals surface area contributed by atoms with Gasteiger partial charge in [-0.3, -0.25) is 9.78 Å². The number of aromatic nitrogens is 3. The van der Waals surface area contributed by atoms with Crippen LogP contribution in [0.15, 0.2) is 53.9 Å². The first-order valence-electron chi connectivity index (χ1n) is 9.54. The number of nitrogens with zero attached hydrogens (tertiary/aromatic N) is 3. The van der Waals surface area contributed by atoms with Crippen molar-refractivity contribution in [1.82, 2.24) is 20.3 Å². The lowest BCUT2D eigenvalue weighted by Crippen LogP contribution is -2.32. The van der Waals surface area contributed by atoms with Gasteiger partial charge in [-0.15, -0.1) is 0 Å². The number of methoxy groups -OCH3 is 1. The minimum atomic E-state index is -0.278. The second-order valence-electron chi connectivity index (χ2n) is 6.39. The summed E-state index contributed by atoms with van der Waals surface area (Å²) in [4.78, 5) is 26.0. The Morgan fingerprint density at radius 2 is 2.07 bits per heavy atom. The van der Waals surface area contributed by atoms with Crippen LogP contribution >= 0.6 is 11.8 Å². The molecule has 3 aromatic rings. The summed E-state index contributed by atoms with van der Waals surface area (Å²) in [6.07, 6.45) is 4.14. The Morgan fingerprint density at radius 1 is 1.21 bits per heavy atom. The van der Waals surface area contributed by atoms with Crippen molar-refractivity contribution >= 4 is 34.4 Å². The maximum absolute atomic E-state index is 12.7. The third-order valence-corrected chi connectivity index (χ3v) is 5.51. The van der Waals surface area contributed by atoms with Crippen LogP contribution < -0.4 is 10.6 Å². The van der Waals surface area contributed by atoms with Crippen LogP contribution in [0.1, 0.15) is 18.9 Å². The number of rotatable bonds is 10. The summed E-state index contributed by atoms with van der Waals surface area (Å²) >= 11 is 1.38. The number of anilines is 1. The quantitative estimate of drug-likeness (QED) is 0.301. The fraction of sp³-hybridized carbons (Fsp3) is 0.333. The van der Waals surface area contributed by atoms with Crippen LogP contribution in [0.3, 0.4) is 0 Å². The smallest absolute Gasteiger partial charge is 0.233 e. The van der Waals surface area contributed by atoms with Crippen molar-refractivity contribution in [3.8, 4) is 0 Å². The van der Waals surface area contributed by atoms with Gasteiger partial charge in [0.05, 0.1) is 17.4 Å². The van der Waals surface area contributed by atoms with Crippen LogP contribution in [0, 0.1) is 0 Å². The van der Waals surface area contributed by atoms with E-state index in [9.17, 15) is 4.79 Å². The van der Waals surface area contributed by atoms with Crippen LogP contribution in [-0.4, -0.2) is 46.4 Å². The van der Waals surface area contributed by atoms with Gasteiger partial charge < -0.3 is 15.4 Å². The molecule has 0 spiro atoms. The summed E-state index contributed by atoms with van der Waals surface area (Å²) in [6, 6.07) is 11.6. The van der Waals surface area contributed by atoms with Crippen LogP contribution in [-0.2, 0) is 16.1 Å². The molecule has 7 nitrogen and oxygen atoms in total. The molecule has 1 aromatic carbocycles. The Labute approximate surface area is 174 Å². The highest BCUT2D eigenvalue weighted by Gasteiger charge is 2.20. The maximum atomic E-state index is 12.7. The van der Waals surface area contributed by atoms with Crippen molar-refractivity contribution < 1.29 is 9.53 Å². The fourth-order valence-electron chi connectivity index (χ4n) is 2.77. The lowest BCUT2D eigenvalue weighted by Gasteiger charge is -2.15. The van der Waals surface area contributed by atoms with Gasteiger partial charge in [0.2, 0.25) is 5.91 Å². The SMILES string of the molecule is CC[C@H](Sc1nc(NCCOC)c2ccccc2n1)C(=O)NCc1cccnc1. The largest absolute Gasteiger partial charge is 0.383 e. The van der Waals surface area contributed by atoms with E-state index in [-0.39, 0.29) is 11.2 Å². The molecule has 0 saturated carbocycles. The number of carbonyl (C=O) groups excluding carboxylic acids is 1. The Balaban J connectivity index is 1.73. The number of amides is 1. The summed E-state index contributed by atoms with van der Waals surface area (Å²) in [7, 11) is 1.66. The molecule has 0 unspecified atom stereocenters. The molecule has 2 N–H and O–H groups in total. The number of thioether (sulfide) groups is 1. The van der Waals surface area contributed by atoms with Gasteiger partial charge in [0.1, 0.15) is 5.82 Å². The fourth-order valence-corrected chi connectivity index (χ4v) is 3.68. The van der Waals surface area contributed by atoms with Gasteiger partial charge in [-0.1, -0.05) is 36.9 Å². The molecule has 1 amide bonds. The minimum Gasteiger partial charge on any atom is -0.383 e. The number of para-hydroxylation sites is 1. The van der Waals surface area contributed by atoms with E-state index in [1.807, 2.05) is 43.3 Å². The highest BCUT2D eigenvalue weighted by Crippen LogP contribution is 2.28. The predicted molar refractivity (Wildman–Crippen MR) is 116 cm³/mol. The third-order valence-electron chi connectivity index (χ3n) is 4.28. The zero-order valence-corrected chi connectivity index (χ0v) is 17.4. The number of fused-ring (bicyclic) bond motifs is 1. The van der Waals surface area contributed by atoms with Crippen LogP contribution in [0.5, 0.6) is 0 Å². The molecule has 0 saturated heterocycles. The van der Waals surface area contributed by atoms with Gasteiger partial charge in [-0.25, -0.2) is 9.97 Å². The van der Waals surface area contributed by atoms with E-state index in [4.69, 9.17) is 4.74 Å². The molecular formula is C21H25N5O2S. The van der Waals surface area contributed by atoms with E-state index in [1.54, 1.807) is 19.5 Å². The molecule has 0 radical (unpaired) electrons. The lowest BCUT2D eigenvalue weighted by molar-refractivity contribution is -0.120. The second-order valence-corrected chi connectivity index (χ2v) is 7.56. The van der Waals surface area contributed by atoms with Gasteiger partial charge in [-0.2, -0.15) is 0 Å². The first kappa shape index (κ1) is 21.0. The van der Waals surface area contributed by atoms with E-state index < -0.39 is 0 Å². The van der Waals surface area contributed by atoms with Crippen molar-refractivity contribution in [1.29, 1.82) is 0 Å². The monoisotopic (exact) mass is 411 g/mol. The average Bonchev–Trinajstić information content (AvgIpc) is 2.76. The molecule has 29 heavy (non-hydrogen) atoms. The molecule has 0 fully saturated rings. The lowest BCUT2D eigenvalue weighted by atomic mass is 10.2. The highest BCUT2D eigenvalue weighted by molar-refractivity contribution is 8.00. The number of carbonyl (C=O) groups is 1. The van der Waals surface area contributed by atoms with E-state index in [1.165, 1.54) is 11.8 Å². The second kappa shape index (κ2) is 10.7. The van der Waals surface area contributed by atoms with Crippen molar-refractivity contribution in [3.63, 3.8) is 0 Å². The normalized spacial score (nSPS) is 11.9. The van der Waals surface area contributed by atoms with Gasteiger partial charge >= 0.3 is 0 Å². The topological polar surface area (TPSA) is 89.0 Å². The minimum absolute atomic E-state index is 0.0352. The highest BCUT2D eigenvalue weighted by atomic mass is 32.2. The summed E-state index contributed by atoms with van der Waals surface area (Å²) in [5, 5.41) is 7.52. The van der Waals surface area contributed by atoms with E-state index in [2.05, 4.69) is 25.6 Å². The van der Waals surface area contributed by atoms with E-state index >= 15 is 0 Å². The van der Waals surface area contributed by atoms with Crippen LogP contribution in [0.25, 0.3) is 10.9 Å².